The van der Waals surface area contributed by atoms with E-state index in [9.17, 15) is 4.79 Å². The van der Waals surface area contributed by atoms with Crippen molar-refractivity contribution in [1.82, 2.24) is 9.59 Å². The first-order valence-electron chi connectivity index (χ1n) is 2.46. The van der Waals surface area contributed by atoms with Crippen LogP contribution in [0.25, 0.3) is 0 Å². The van der Waals surface area contributed by atoms with Crippen LogP contribution in [0.1, 0.15) is 0 Å². The van der Waals surface area contributed by atoms with Crippen LogP contribution in [0, 0.1) is 0 Å². The Hall–Kier alpha value is -0.490. The third kappa shape index (κ3) is 2.03. The second kappa shape index (κ2) is 3.62. The molecule has 0 fully saturated rings. The minimum atomic E-state index is -0.0916. The minimum absolute atomic E-state index is 0.0916. The van der Waals surface area contributed by atoms with E-state index in [1.54, 1.807) is 0 Å². The van der Waals surface area contributed by atoms with Gasteiger partial charge in [-0.05, 0) is 0 Å². The van der Waals surface area contributed by atoms with Crippen molar-refractivity contribution < 1.29 is 4.79 Å². The summed E-state index contributed by atoms with van der Waals surface area (Å²) in [4.78, 5) is 10.7. The average Bonchev–Trinajstić information content (AvgIpc) is 2.40. The number of carbonyl (C=O) groups excluding carboxylic acids is 1. The maximum atomic E-state index is 10.7. The first-order valence-corrected chi connectivity index (χ1v) is 4.35. The Labute approximate surface area is 69.9 Å². The molecule has 0 radical (unpaired) electrons. The number of halogens is 1. The van der Waals surface area contributed by atoms with E-state index in [4.69, 9.17) is 0 Å². The molecule has 0 saturated carbocycles. The van der Waals surface area contributed by atoms with E-state index >= 15 is 0 Å². The number of aromatic nitrogens is 2. The molecule has 0 aliphatic rings. The van der Waals surface area contributed by atoms with Gasteiger partial charge in [0.1, 0.15) is 5.00 Å². The van der Waals surface area contributed by atoms with E-state index in [-0.39, 0.29) is 5.91 Å². The molecule has 0 saturated heterocycles. The number of rotatable bonds is 2. The Kier molecular flexibility index (Phi) is 2.76. The van der Waals surface area contributed by atoms with Crippen LogP contribution < -0.4 is 5.32 Å². The third-order valence-electron chi connectivity index (χ3n) is 0.745. The number of anilines is 1. The SMILES string of the molecule is O=C(CBr)Nc1cnns1. The van der Waals surface area contributed by atoms with Gasteiger partial charge >= 0.3 is 0 Å². The fourth-order valence-corrected chi connectivity index (χ4v) is 0.969. The van der Waals surface area contributed by atoms with Crippen LogP contribution in [-0.2, 0) is 4.79 Å². The molecular weight excluding hydrogens is 218 g/mol. The predicted molar refractivity (Wildman–Crippen MR) is 42.3 cm³/mol. The topological polar surface area (TPSA) is 54.9 Å². The van der Waals surface area contributed by atoms with Gasteiger partial charge in [-0.25, -0.2) is 0 Å². The summed E-state index contributed by atoms with van der Waals surface area (Å²) in [5, 5.41) is 7.09. The molecule has 0 bridgehead atoms. The van der Waals surface area contributed by atoms with E-state index in [1.807, 2.05) is 0 Å². The lowest BCUT2D eigenvalue weighted by Crippen LogP contribution is -2.10. The molecule has 54 valence electrons. The highest BCUT2D eigenvalue weighted by atomic mass is 79.9. The van der Waals surface area contributed by atoms with Gasteiger partial charge in [0, 0.05) is 11.5 Å². The van der Waals surface area contributed by atoms with Gasteiger partial charge in [0.15, 0.2) is 0 Å². The van der Waals surface area contributed by atoms with E-state index in [0.717, 1.165) is 11.5 Å². The summed E-state index contributed by atoms with van der Waals surface area (Å²) in [7, 11) is 0. The molecule has 1 aromatic heterocycles. The summed E-state index contributed by atoms with van der Waals surface area (Å²) in [5.41, 5.74) is 0. The molecule has 0 aromatic carbocycles. The smallest absolute Gasteiger partial charge is 0.235 e. The lowest BCUT2D eigenvalue weighted by Gasteiger charge is -1.93. The van der Waals surface area contributed by atoms with Crippen LogP contribution in [0.3, 0.4) is 0 Å². The second-order valence-electron chi connectivity index (χ2n) is 1.46. The summed E-state index contributed by atoms with van der Waals surface area (Å²) >= 11 is 4.17. The van der Waals surface area contributed by atoms with Gasteiger partial charge in [-0.3, -0.25) is 4.79 Å². The van der Waals surface area contributed by atoms with Crippen LogP contribution in [0.2, 0.25) is 0 Å². The quantitative estimate of drug-likeness (QED) is 0.755. The Morgan fingerprint density at radius 3 is 3.20 bits per heavy atom. The van der Waals surface area contributed by atoms with Crippen molar-refractivity contribution in [2.24, 2.45) is 0 Å². The van der Waals surface area contributed by atoms with Crippen LogP contribution in [0.5, 0.6) is 0 Å². The van der Waals surface area contributed by atoms with E-state index in [2.05, 4.69) is 30.8 Å². The van der Waals surface area contributed by atoms with Crippen molar-refractivity contribution in [2.45, 2.75) is 0 Å². The van der Waals surface area contributed by atoms with Crippen molar-refractivity contribution in [2.75, 3.05) is 10.6 Å². The third-order valence-corrected chi connectivity index (χ3v) is 1.83. The molecular formula is C4H4BrN3OS. The van der Waals surface area contributed by atoms with E-state index in [1.165, 1.54) is 6.20 Å². The highest BCUT2D eigenvalue weighted by Gasteiger charge is 1.99. The molecule has 10 heavy (non-hydrogen) atoms. The molecule has 4 nitrogen and oxygen atoms in total. The van der Waals surface area contributed by atoms with Gasteiger partial charge in [-0.2, -0.15) is 0 Å². The zero-order valence-corrected chi connectivity index (χ0v) is 7.28. The average molecular weight is 222 g/mol. The van der Waals surface area contributed by atoms with E-state index < -0.39 is 0 Å². The molecule has 0 aliphatic carbocycles. The van der Waals surface area contributed by atoms with E-state index in [0.29, 0.717) is 10.3 Å². The predicted octanol–water partition coefficient (Wildman–Crippen LogP) is 0.871. The molecule has 0 aliphatic heterocycles. The summed E-state index contributed by atoms with van der Waals surface area (Å²) in [5.74, 6) is -0.0916. The molecule has 0 spiro atoms. The first-order chi connectivity index (χ1) is 4.83. The lowest BCUT2D eigenvalue weighted by molar-refractivity contribution is -0.113. The maximum absolute atomic E-state index is 10.7. The minimum Gasteiger partial charge on any atom is -0.314 e. The Bertz CT molecular complexity index is 212. The van der Waals surface area contributed by atoms with Crippen LogP contribution in [0.15, 0.2) is 6.20 Å². The highest BCUT2D eigenvalue weighted by Crippen LogP contribution is 2.08. The van der Waals surface area contributed by atoms with Crippen LogP contribution >= 0.6 is 27.5 Å². The molecule has 1 N–H and O–H groups in total. The number of hydrogen-bond donors (Lipinski definition) is 1. The van der Waals surface area contributed by atoms with Gasteiger partial charge < -0.3 is 5.32 Å². The molecule has 1 amide bonds. The first kappa shape index (κ1) is 7.62. The fraction of sp³-hybridized carbons (Fsp3) is 0.250. The molecule has 0 atom stereocenters. The molecule has 1 rings (SSSR count). The number of carbonyl (C=O) groups is 1. The number of nitrogens with one attached hydrogen (secondary N) is 1. The molecule has 1 heterocycles. The summed E-state index contributed by atoms with van der Waals surface area (Å²) in [6.07, 6.45) is 1.51. The number of amides is 1. The van der Waals surface area contributed by atoms with Crippen molar-refractivity contribution in [3.8, 4) is 0 Å². The summed E-state index contributed by atoms with van der Waals surface area (Å²) < 4.78 is 3.57. The zero-order chi connectivity index (χ0) is 7.40. The molecule has 1 aromatic rings. The van der Waals surface area contributed by atoms with Crippen molar-refractivity contribution >= 4 is 38.4 Å². The van der Waals surface area contributed by atoms with Gasteiger partial charge in [0.05, 0.1) is 11.5 Å². The van der Waals surface area contributed by atoms with Crippen LogP contribution in [-0.4, -0.2) is 20.8 Å². The van der Waals surface area contributed by atoms with Gasteiger partial charge in [0.25, 0.3) is 0 Å². The number of hydrogen-bond acceptors (Lipinski definition) is 4. The lowest BCUT2D eigenvalue weighted by atomic mass is 10.7. The van der Waals surface area contributed by atoms with Crippen LogP contribution in [0.4, 0.5) is 5.00 Å². The van der Waals surface area contributed by atoms with Crippen molar-refractivity contribution in [1.29, 1.82) is 0 Å². The Balaban J connectivity index is 2.48. The standard InChI is InChI=1S/C4H4BrN3OS/c5-1-3(9)7-4-2-6-8-10-4/h2H,1H2,(H,7,9). The Morgan fingerprint density at radius 2 is 2.70 bits per heavy atom. The Morgan fingerprint density at radius 1 is 1.90 bits per heavy atom. The van der Waals surface area contributed by atoms with Crippen molar-refractivity contribution in [3.63, 3.8) is 0 Å². The van der Waals surface area contributed by atoms with Gasteiger partial charge in [0.2, 0.25) is 5.91 Å². The maximum Gasteiger partial charge on any atom is 0.235 e. The summed E-state index contributed by atoms with van der Waals surface area (Å²) in [6.45, 7) is 0. The fourth-order valence-electron chi connectivity index (χ4n) is 0.393. The van der Waals surface area contributed by atoms with Crippen molar-refractivity contribution in [3.05, 3.63) is 6.20 Å². The summed E-state index contributed by atoms with van der Waals surface area (Å²) in [6, 6.07) is 0. The number of nitrogens with zero attached hydrogens (tertiary/aromatic N) is 2. The van der Waals surface area contributed by atoms with Gasteiger partial charge in [-0.1, -0.05) is 20.4 Å². The monoisotopic (exact) mass is 221 g/mol. The van der Waals surface area contributed by atoms with Gasteiger partial charge in [-0.15, -0.1) is 5.10 Å². The normalized spacial score (nSPS) is 9.30. The molecule has 6 heteroatoms. The highest BCUT2D eigenvalue weighted by molar-refractivity contribution is 9.09. The molecule has 0 unspecified atom stereocenters. The largest absolute Gasteiger partial charge is 0.314 e. The zero-order valence-electron chi connectivity index (χ0n) is 4.87. The number of alkyl halides is 1. The second-order valence-corrected chi connectivity index (χ2v) is 2.81.